The molecule has 294 valence electrons. The fourth-order valence-electron chi connectivity index (χ4n) is 6.34. The van der Waals surface area contributed by atoms with Crippen LogP contribution in [0.3, 0.4) is 0 Å². The number of ether oxygens (including phenoxy) is 1. The molecule has 6 heteroatoms. The van der Waals surface area contributed by atoms with Gasteiger partial charge in [-0.1, -0.05) is 160 Å². The Morgan fingerprint density at radius 2 is 0.960 bits per heavy atom. The summed E-state index contributed by atoms with van der Waals surface area (Å²) in [6.07, 6.45) is 44.2. The first kappa shape index (κ1) is 48.3. The molecule has 6 nitrogen and oxygen atoms in total. The molecule has 2 atom stereocenters. The average molecular weight is 706 g/mol. The van der Waals surface area contributed by atoms with Gasteiger partial charge < -0.3 is 20.3 Å². The molecule has 0 rings (SSSR count). The average Bonchev–Trinajstić information content (AvgIpc) is 3.11. The number of aliphatic hydroxyl groups excluding tert-OH is 2. The molecule has 0 bridgehead atoms. The highest BCUT2D eigenvalue weighted by Crippen LogP contribution is 2.14. The maximum atomic E-state index is 12.3. The van der Waals surface area contributed by atoms with Crippen molar-refractivity contribution in [1.82, 2.24) is 5.32 Å². The van der Waals surface area contributed by atoms with Crippen molar-refractivity contribution in [3.63, 3.8) is 0 Å². The molecule has 0 fully saturated rings. The third-order valence-corrected chi connectivity index (χ3v) is 9.72. The van der Waals surface area contributed by atoms with E-state index in [9.17, 15) is 19.8 Å². The molecule has 0 aliphatic heterocycles. The minimum atomic E-state index is -0.693. The van der Waals surface area contributed by atoms with Gasteiger partial charge in [-0.25, -0.2) is 0 Å². The number of amides is 1. The summed E-state index contributed by atoms with van der Waals surface area (Å²) in [6, 6.07) is -0.577. The smallest absolute Gasteiger partial charge is 0.305 e. The molecular formula is C44H83NO5. The Balaban J connectivity index is 3.57. The van der Waals surface area contributed by atoms with Gasteiger partial charge in [0.25, 0.3) is 0 Å². The van der Waals surface area contributed by atoms with E-state index in [1.54, 1.807) is 0 Å². The molecule has 0 aliphatic carbocycles. The van der Waals surface area contributed by atoms with E-state index >= 15 is 0 Å². The lowest BCUT2D eigenvalue weighted by Crippen LogP contribution is -2.45. The van der Waals surface area contributed by atoms with Crippen LogP contribution in [0, 0.1) is 0 Å². The van der Waals surface area contributed by atoms with Gasteiger partial charge in [0.2, 0.25) is 5.91 Å². The van der Waals surface area contributed by atoms with Crippen LogP contribution >= 0.6 is 0 Å². The molecule has 0 aromatic carbocycles. The highest BCUT2D eigenvalue weighted by molar-refractivity contribution is 5.76. The quantitative estimate of drug-likeness (QED) is 0.0336. The van der Waals surface area contributed by atoms with Gasteiger partial charge in [0.1, 0.15) is 0 Å². The maximum Gasteiger partial charge on any atom is 0.305 e. The number of aliphatic hydroxyl groups is 2. The van der Waals surface area contributed by atoms with Crippen LogP contribution < -0.4 is 5.32 Å². The molecule has 0 heterocycles. The number of unbranched alkanes of at least 4 members (excludes halogenated alkanes) is 24. The number of esters is 1. The Morgan fingerprint density at radius 3 is 1.48 bits per heavy atom. The van der Waals surface area contributed by atoms with Crippen LogP contribution in [0.5, 0.6) is 0 Å². The second kappa shape index (κ2) is 40.1. The minimum Gasteiger partial charge on any atom is -0.466 e. The van der Waals surface area contributed by atoms with E-state index in [0.29, 0.717) is 25.9 Å². The Bertz CT molecular complexity index is 782. The molecule has 0 aromatic heterocycles. The number of hydrogen-bond acceptors (Lipinski definition) is 5. The Hall–Kier alpha value is -1.66. The van der Waals surface area contributed by atoms with Crippen LogP contribution in [-0.4, -0.2) is 47.4 Å². The molecule has 1 amide bonds. The van der Waals surface area contributed by atoms with Gasteiger partial charge in [0.05, 0.1) is 25.4 Å². The van der Waals surface area contributed by atoms with Gasteiger partial charge in [-0.15, -0.1) is 0 Å². The normalized spacial score (nSPS) is 13.0. The summed E-state index contributed by atoms with van der Waals surface area (Å²) in [5.74, 6) is -0.145. The first-order valence-corrected chi connectivity index (χ1v) is 21.6. The fraction of sp³-hybridized carbons (Fsp3) is 0.864. The number of carbonyl (C=O) groups excluding carboxylic acids is 2. The Labute approximate surface area is 310 Å². The van der Waals surface area contributed by atoms with Gasteiger partial charge in [-0.2, -0.15) is 0 Å². The van der Waals surface area contributed by atoms with Crippen molar-refractivity contribution in [3.8, 4) is 0 Å². The van der Waals surface area contributed by atoms with Crippen LogP contribution in [0.25, 0.3) is 0 Å². The topological polar surface area (TPSA) is 95.9 Å². The number of hydrogen-bond donors (Lipinski definition) is 3. The van der Waals surface area contributed by atoms with Crippen LogP contribution in [0.4, 0.5) is 0 Å². The largest absolute Gasteiger partial charge is 0.466 e. The minimum absolute atomic E-state index is 0.0460. The van der Waals surface area contributed by atoms with Gasteiger partial charge in [-0.05, 0) is 70.6 Å². The predicted molar refractivity (Wildman–Crippen MR) is 213 cm³/mol. The third-order valence-electron chi connectivity index (χ3n) is 9.72. The van der Waals surface area contributed by atoms with E-state index in [-0.39, 0.29) is 18.5 Å². The van der Waals surface area contributed by atoms with Gasteiger partial charge in [-0.3, -0.25) is 9.59 Å². The lowest BCUT2D eigenvalue weighted by atomic mass is 10.0. The summed E-state index contributed by atoms with van der Waals surface area (Å²) in [4.78, 5) is 24.3. The molecule has 3 N–H and O–H groups in total. The van der Waals surface area contributed by atoms with E-state index in [4.69, 9.17) is 4.74 Å². The van der Waals surface area contributed by atoms with Crippen molar-refractivity contribution >= 4 is 11.9 Å². The predicted octanol–water partition coefficient (Wildman–Crippen LogP) is 12.0. The van der Waals surface area contributed by atoms with Crippen molar-refractivity contribution in [2.75, 3.05) is 13.2 Å². The first-order chi connectivity index (χ1) is 24.5. The SMILES string of the molecule is CCCCCC/C=C\CCCCCCCC(=O)OCCCCCC/C=C\CCCC(=O)NC(CO)C(O)CCCCCCCCCCCCC. The summed E-state index contributed by atoms with van der Waals surface area (Å²) >= 11 is 0. The second-order valence-corrected chi connectivity index (χ2v) is 14.7. The van der Waals surface area contributed by atoms with E-state index < -0.39 is 12.1 Å². The molecule has 0 spiro atoms. The van der Waals surface area contributed by atoms with Crippen LogP contribution in [0.15, 0.2) is 24.3 Å². The Morgan fingerprint density at radius 1 is 0.540 bits per heavy atom. The maximum absolute atomic E-state index is 12.3. The summed E-state index contributed by atoms with van der Waals surface area (Å²) in [5, 5.41) is 23.0. The molecule has 50 heavy (non-hydrogen) atoms. The zero-order valence-corrected chi connectivity index (χ0v) is 33.1. The van der Waals surface area contributed by atoms with E-state index in [0.717, 1.165) is 70.6 Å². The molecule has 2 unspecified atom stereocenters. The van der Waals surface area contributed by atoms with Gasteiger partial charge in [0, 0.05) is 12.8 Å². The van der Waals surface area contributed by atoms with Crippen LogP contribution in [-0.2, 0) is 14.3 Å². The van der Waals surface area contributed by atoms with Crippen molar-refractivity contribution in [1.29, 1.82) is 0 Å². The number of rotatable bonds is 39. The summed E-state index contributed by atoms with van der Waals surface area (Å²) in [5.41, 5.74) is 0. The van der Waals surface area contributed by atoms with E-state index in [1.807, 2.05) is 0 Å². The summed E-state index contributed by atoms with van der Waals surface area (Å²) < 4.78 is 5.41. The van der Waals surface area contributed by atoms with Crippen LogP contribution in [0.1, 0.15) is 219 Å². The molecule has 0 aliphatic rings. The molecule has 0 radical (unpaired) electrons. The van der Waals surface area contributed by atoms with Crippen molar-refractivity contribution in [2.45, 2.75) is 231 Å². The molecule has 0 saturated carbocycles. The lowest BCUT2D eigenvalue weighted by Gasteiger charge is -2.22. The Kier molecular flexibility index (Phi) is 38.8. The highest BCUT2D eigenvalue weighted by Gasteiger charge is 2.19. The molecule has 0 aromatic rings. The number of carbonyl (C=O) groups is 2. The van der Waals surface area contributed by atoms with E-state index in [1.165, 1.54) is 116 Å². The lowest BCUT2D eigenvalue weighted by molar-refractivity contribution is -0.143. The number of nitrogens with one attached hydrogen (secondary N) is 1. The summed E-state index contributed by atoms with van der Waals surface area (Å²) in [7, 11) is 0. The first-order valence-electron chi connectivity index (χ1n) is 21.6. The monoisotopic (exact) mass is 706 g/mol. The van der Waals surface area contributed by atoms with Gasteiger partial charge in [0.15, 0.2) is 0 Å². The van der Waals surface area contributed by atoms with Crippen molar-refractivity contribution in [3.05, 3.63) is 24.3 Å². The highest BCUT2D eigenvalue weighted by atomic mass is 16.5. The van der Waals surface area contributed by atoms with Crippen LogP contribution in [0.2, 0.25) is 0 Å². The third kappa shape index (κ3) is 36.1. The van der Waals surface area contributed by atoms with E-state index in [2.05, 4.69) is 43.5 Å². The second-order valence-electron chi connectivity index (χ2n) is 14.7. The standard InChI is InChI=1S/C44H83NO5/c1-3-5-7-9-11-13-15-16-18-22-26-30-34-38-44(49)50-39-35-31-27-23-19-21-25-29-33-37-43(48)45-41(40-46)42(47)36-32-28-24-20-17-14-12-10-8-6-4-2/h13,15,21,25,41-42,46-47H,3-12,14,16-20,22-24,26-40H2,1-2H3,(H,45,48)/b15-13-,25-21-. The number of allylic oxidation sites excluding steroid dienone is 4. The zero-order chi connectivity index (χ0) is 36.6. The fourth-order valence-corrected chi connectivity index (χ4v) is 6.34. The summed E-state index contributed by atoms with van der Waals surface area (Å²) in [6.45, 7) is 4.81. The zero-order valence-electron chi connectivity index (χ0n) is 33.1. The molecular weight excluding hydrogens is 622 g/mol. The van der Waals surface area contributed by atoms with Crippen molar-refractivity contribution in [2.24, 2.45) is 0 Å². The molecule has 0 saturated heterocycles. The van der Waals surface area contributed by atoms with Gasteiger partial charge >= 0.3 is 5.97 Å². The van der Waals surface area contributed by atoms with Crippen molar-refractivity contribution < 1.29 is 24.5 Å².